The molecule has 0 bridgehead atoms. The third-order valence-electron chi connectivity index (χ3n) is 2.63. The second kappa shape index (κ2) is 7.17. The van der Waals surface area contributed by atoms with Crippen LogP contribution in [0, 0.1) is 5.92 Å². The van der Waals surface area contributed by atoms with Crippen LogP contribution >= 0.6 is 15.9 Å². The van der Waals surface area contributed by atoms with Crippen molar-refractivity contribution in [2.45, 2.75) is 25.5 Å². The Morgan fingerprint density at radius 2 is 1.88 bits per heavy atom. The molecule has 1 aromatic rings. The van der Waals surface area contributed by atoms with Crippen LogP contribution in [0.4, 0.5) is 0 Å². The highest BCUT2D eigenvalue weighted by molar-refractivity contribution is 9.09. The summed E-state index contributed by atoms with van der Waals surface area (Å²) in [5.41, 5.74) is 0.873. The maximum atomic E-state index is 12.0. The zero-order valence-electron chi connectivity index (χ0n) is 10.1. The van der Waals surface area contributed by atoms with Crippen LogP contribution in [-0.2, 0) is 15.6 Å². The minimum atomic E-state index is -3.00. The smallest absolute Gasteiger partial charge is 0.154 e. The van der Waals surface area contributed by atoms with Gasteiger partial charge >= 0.3 is 0 Å². The van der Waals surface area contributed by atoms with Crippen molar-refractivity contribution in [3.05, 3.63) is 35.9 Å². The van der Waals surface area contributed by atoms with Gasteiger partial charge in [0.05, 0.1) is 11.5 Å². The molecule has 4 heteroatoms. The molecule has 0 aromatic heterocycles. The van der Waals surface area contributed by atoms with Crippen molar-refractivity contribution >= 4 is 25.8 Å². The third kappa shape index (κ3) is 5.68. The van der Waals surface area contributed by atoms with Crippen LogP contribution in [0.25, 0.3) is 0 Å². The van der Waals surface area contributed by atoms with Crippen LogP contribution in [0.15, 0.2) is 30.3 Å². The van der Waals surface area contributed by atoms with Crippen LogP contribution in [0.3, 0.4) is 0 Å². The lowest BCUT2D eigenvalue weighted by Crippen LogP contribution is -2.19. The normalized spacial score (nSPS) is 13.5. The van der Waals surface area contributed by atoms with Crippen molar-refractivity contribution in [3.63, 3.8) is 0 Å². The third-order valence-corrected chi connectivity index (χ3v) is 5.30. The Balaban J connectivity index is 2.63. The number of rotatable bonds is 7. The van der Waals surface area contributed by atoms with Crippen molar-refractivity contribution in [3.8, 4) is 0 Å². The van der Waals surface area contributed by atoms with E-state index in [9.17, 15) is 8.42 Å². The van der Waals surface area contributed by atoms with Crippen LogP contribution in [0.1, 0.15) is 25.3 Å². The van der Waals surface area contributed by atoms with Gasteiger partial charge in [-0.2, -0.15) is 0 Å². The van der Waals surface area contributed by atoms with Gasteiger partial charge in [-0.05, 0) is 17.9 Å². The average Bonchev–Trinajstić information content (AvgIpc) is 2.29. The number of sulfone groups is 1. The first-order valence-electron chi connectivity index (χ1n) is 5.87. The van der Waals surface area contributed by atoms with Gasteiger partial charge in [0.25, 0.3) is 0 Å². The van der Waals surface area contributed by atoms with Crippen LogP contribution < -0.4 is 0 Å². The molecule has 0 heterocycles. The van der Waals surface area contributed by atoms with Gasteiger partial charge in [-0.3, -0.25) is 0 Å². The fourth-order valence-electron chi connectivity index (χ4n) is 1.86. The molecule has 1 unspecified atom stereocenters. The van der Waals surface area contributed by atoms with E-state index in [2.05, 4.69) is 22.9 Å². The Morgan fingerprint density at radius 1 is 1.24 bits per heavy atom. The quantitative estimate of drug-likeness (QED) is 0.722. The molecule has 0 aliphatic heterocycles. The highest BCUT2D eigenvalue weighted by Gasteiger charge is 2.18. The molecular weight excluding hydrogens is 300 g/mol. The maximum absolute atomic E-state index is 12.0. The molecule has 0 radical (unpaired) electrons. The van der Waals surface area contributed by atoms with Gasteiger partial charge in [-0.25, -0.2) is 8.42 Å². The molecule has 0 spiro atoms. The Labute approximate surface area is 112 Å². The summed E-state index contributed by atoms with van der Waals surface area (Å²) in [7, 11) is -3.00. The standard InChI is InChI=1S/C13H19BrO2S/c1-2-6-13(9-14)11-17(15,16)10-12-7-4-3-5-8-12/h3-5,7-8,13H,2,6,9-11H2,1H3. The largest absolute Gasteiger partial charge is 0.228 e. The molecule has 1 atom stereocenters. The van der Waals surface area contributed by atoms with Gasteiger partial charge < -0.3 is 0 Å². The molecule has 0 aliphatic rings. The summed E-state index contributed by atoms with van der Waals surface area (Å²) in [6, 6.07) is 9.37. The number of hydrogen-bond donors (Lipinski definition) is 0. The molecule has 0 saturated carbocycles. The van der Waals surface area contributed by atoms with E-state index in [4.69, 9.17) is 0 Å². The van der Waals surface area contributed by atoms with Crippen molar-refractivity contribution in [1.29, 1.82) is 0 Å². The lowest BCUT2D eigenvalue weighted by molar-refractivity contribution is 0.551. The summed E-state index contributed by atoms with van der Waals surface area (Å²) >= 11 is 3.39. The van der Waals surface area contributed by atoms with Gasteiger partial charge in [-0.15, -0.1) is 0 Å². The van der Waals surface area contributed by atoms with Crippen LogP contribution in [0.5, 0.6) is 0 Å². The van der Waals surface area contributed by atoms with E-state index in [0.29, 0.717) is 0 Å². The molecule has 0 aliphatic carbocycles. The zero-order chi connectivity index (χ0) is 12.7. The number of hydrogen-bond acceptors (Lipinski definition) is 2. The van der Waals surface area contributed by atoms with Crippen molar-refractivity contribution in [2.24, 2.45) is 5.92 Å². The Kier molecular flexibility index (Phi) is 6.20. The van der Waals surface area contributed by atoms with Gasteiger partial charge in [0, 0.05) is 5.33 Å². The van der Waals surface area contributed by atoms with Crippen molar-refractivity contribution in [2.75, 3.05) is 11.1 Å². The Morgan fingerprint density at radius 3 is 2.41 bits per heavy atom. The van der Waals surface area contributed by atoms with Crippen LogP contribution in [-0.4, -0.2) is 19.5 Å². The molecule has 17 heavy (non-hydrogen) atoms. The monoisotopic (exact) mass is 318 g/mol. The predicted molar refractivity (Wildman–Crippen MR) is 76.1 cm³/mol. The fourth-order valence-corrected chi connectivity index (χ4v) is 4.54. The summed E-state index contributed by atoms with van der Waals surface area (Å²) in [6.07, 6.45) is 1.98. The molecule has 0 amide bonds. The summed E-state index contributed by atoms with van der Waals surface area (Å²) < 4.78 is 24.0. The van der Waals surface area contributed by atoms with Gasteiger partial charge in [0.15, 0.2) is 9.84 Å². The predicted octanol–water partition coefficient (Wildman–Crippen LogP) is 3.41. The molecule has 0 fully saturated rings. The summed E-state index contributed by atoms with van der Waals surface area (Å²) in [5.74, 6) is 0.663. The summed E-state index contributed by atoms with van der Waals surface area (Å²) in [5, 5.41) is 0.759. The number of halogens is 1. The maximum Gasteiger partial charge on any atom is 0.154 e. The van der Waals surface area contributed by atoms with E-state index in [-0.39, 0.29) is 17.4 Å². The summed E-state index contributed by atoms with van der Waals surface area (Å²) in [6.45, 7) is 2.08. The molecule has 0 saturated heterocycles. The fraction of sp³-hybridized carbons (Fsp3) is 0.538. The van der Waals surface area contributed by atoms with E-state index in [0.717, 1.165) is 23.7 Å². The lowest BCUT2D eigenvalue weighted by atomic mass is 10.1. The second-order valence-corrected chi connectivity index (χ2v) is 7.11. The lowest BCUT2D eigenvalue weighted by Gasteiger charge is -2.13. The molecular formula is C13H19BrO2S. The average molecular weight is 319 g/mol. The van der Waals surface area contributed by atoms with Gasteiger partial charge in [-0.1, -0.05) is 59.6 Å². The van der Waals surface area contributed by atoms with Crippen molar-refractivity contribution < 1.29 is 8.42 Å². The molecule has 0 N–H and O–H groups in total. The SMILES string of the molecule is CCCC(CBr)CS(=O)(=O)Cc1ccccc1. The van der Waals surface area contributed by atoms with Gasteiger partial charge in [0.1, 0.15) is 0 Å². The molecule has 2 nitrogen and oxygen atoms in total. The topological polar surface area (TPSA) is 34.1 Å². The number of benzene rings is 1. The van der Waals surface area contributed by atoms with Gasteiger partial charge in [0.2, 0.25) is 0 Å². The van der Waals surface area contributed by atoms with E-state index in [1.54, 1.807) is 0 Å². The minimum absolute atomic E-state index is 0.154. The summed E-state index contributed by atoms with van der Waals surface area (Å²) in [4.78, 5) is 0. The molecule has 1 aromatic carbocycles. The first kappa shape index (κ1) is 14.7. The van der Waals surface area contributed by atoms with Crippen LogP contribution in [0.2, 0.25) is 0 Å². The molecule has 96 valence electrons. The zero-order valence-corrected chi connectivity index (χ0v) is 12.5. The first-order valence-corrected chi connectivity index (χ1v) is 8.82. The second-order valence-electron chi connectivity index (χ2n) is 4.35. The number of alkyl halides is 1. The van der Waals surface area contributed by atoms with E-state index >= 15 is 0 Å². The highest BCUT2D eigenvalue weighted by atomic mass is 79.9. The van der Waals surface area contributed by atoms with E-state index in [1.807, 2.05) is 30.3 Å². The Hall–Kier alpha value is -0.350. The molecule has 1 rings (SSSR count). The highest BCUT2D eigenvalue weighted by Crippen LogP contribution is 2.15. The van der Waals surface area contributed by atoms with E-state index < -0.39 is 9.84 Å². The first-order chi connectivity index (χ1) is 8.07. The minimum Gasteiger partial charge on any atom is -0.228 e. The Bertz CT molecular complexity index is 414. The van der Waals surface area contributed by atoms with Crippen molar-refractivity contribution in [1.82, 2.24) is 0 Å². The van der Waals surface area contributed by atoms with E-state index in [1.165, 1.54) is 0 Å².